The number of carbonyl (C=O) groups excluding carboxylic acids is 4. The number of amides is 2. The van der Waals surface area contributed by atoms with Gasteiger partial charge in [-0.2, -0.15) is 0 Å². The quantitative estimate of drug-likeness (QED) is 0.113. The summed E-state index contributed by atoms with van der Waals surface area (Å²) in [5.74, 6) is -7.95. The minimum Gasteiger partial charge on any atom is -0.510 e. The van der Waals surface area contributed by atoms with E-state index in [2.05, 4.69) is 10.6 Å². The highest BCUT2D eigenvalue weighted by molar-refractivity contribution is 6.25. The summed E-state index contributed by atoms with van der Waals surface area (Å²) in [7, 11) is 3.12. The Hall–Kier alpha value is -4.72. The number of hydrogen-bond donors (Lipinski definition) is 8. The Morgan fingerprint density at radius 2 is 1.74 bits per heavy atom. The van der Waals surface area contributed by atoms with E-state index in [-0.39, 0.29) is 35.4 Å². The van der Waals surface area contributed by atoms with Crippen molar-refractivity contribution in [1.82, 2.24) is 10.2 Å². The number of Topliss-reactive ketones (excluding diaryl/α,β-unsaturated/α-hetero) is 2. The summed E-state index contributed by atoms with van der Waals surface area (Å²) in [4.78, 5) is 54.6. The summed E-state index contributed by atoms with van der Waals surface area (Å²) in [6, 6.07) is 7.20. The lowest BCUT2D eigenvalue weighted by Crippen LogP contribution is -2.63. The monoisotopic (exact) mass is 634 g/mol. The molecule has 0 radical (unpaired) electrons. The average Bonchev–Trinajstić information content (AvgIpc) is 2.99. The van der Waals surface area contributed by atoms with E-state index >= 15 is 0 Å². The molecule has 0 spiro atoms. The molecule has 2 aromatic rings. The number of aliphatic hydroxyl groups is 3. The van der Waals surface area contributed by atoms with Crippen LogP contribution < -0.4 is 16.4 Å². The van der Waals surface area contributed by atoms with Crippen molar-refractivity contribution >= 4 is 29.1 Å². The van der Waals surface area contributed by atoms with E-state index in [1.54, 1.807) is 32.3 Å². The fraction of sp³-hybridized carbons (Fsp3) is 0.394. The zero-order chi connectivity index (χ0) is 33.7. The van der Waals surface area contributed by atoms with Gasteiger partial charge in [-0.3, -0.25) is 24.1 Å². The first-order valence-corrected chi connectivity index (χ1v) is 15.1. The molecule has 5 rings (SSSR count). The van der Waals surface area contributed by atoms with Gasteiger partial charge < -0.3 is 41.9 Å². The Bertz CT molecular complexity index is 1680. The van der Waals surface area contributed by atoms with Crippen LogP contribution in [0.25, 0.3) is 0 Å². The molecule has 2 amide bonds. The Morgan fingerprint density at radius 1 is 1.07 bits per heavy atom. The summed E-state index contributed by atoms with van der Waals surface area (Å²) in [5, 5.41) is 61.0. The number of likely N-dealkylation sites (N-methyl/N-ethyl adjacent to an activating group) is 1. The first-order chi connectivity index (χ1) is 21.7. The van der Waals surface area contributed by atoms with Gasteiger partial charge >= 0.3 is 0 Å². The van der Waals surface area contributed by atoms with Gasteiger partial charge in [0.2, 0.25) is 11.7 Å². The van der Waals surface area contributed by atoms with E-state index in [1.165, 1.54) is 23.1 Å². The van der Waals surface area contributed by atoms with Crippen molar-refractivity contribution in [3.8, 4) is 11.5 Å². The molecule has 5 atom stereocenters. The highest BCUT2D eigenvalue weighted by Gasteiger charge is 2.63. The second-order valence-electron chi connectivity index (χ2n) is 12.3. The Morgan fingerprint density at radius 3 is 2.35 bits per heavy atom. The van der Waals surface area contributed by atoms with Gasteiger partial charge in [0.05, 0.1) is 17.3 Å². The SMILES string of the molecule is CCCCNC(C(=O)Nc1ccc2c(c1O)C(=O)C1=C(O)C3(O)C(=O)C(C(N)=O)=C(O)[C@@H](N(C)C)C3CC1C2)c1ccc(O)cc1. The van der Waals surface area contributed by atoms with Crippen LogP contribution in [0.1, 0.15) is 53.7 Å². The number of ketones is 2. The van der Waals surface area contributed by atoms with Crippen molar-refractivity contribution in [2.24, 2.45) is 17.6 Å². The van der Waals surface area contributed by atoms with Crippen LogP contribution in [0.5, 0.6) is 11.5 Å². The van der Waals surface area contributed by atoms with Crippen molar-refractivity contribution < 1.29 is 44.7 Å². The van der Waals surface area contributed by atoms with Crippen LogP contribution in [-0.2, 0) is 20.8 Å². The molecule has 4 unspecified atom stereocenters. The van der Waals surface area contributed by atoms with Crippen molar-refractivity contribution in [3.63, 3.8) is 0 Å². The molecular weight excluding hydrogens is 596 g/mol. The number of phenols is 2. The van der Waals surface area contributed by atoms with Gasteiger partial charge in [-0.1, -0.05) is 31.5 Å². The number of anilines is 1. The van der Waals surface area contributed by atoms with E-state index in [4.69, 9.17) is 5.73 Å². The first-order valence-electron chi connectivity index (χ1n) is 15.1. The minimum absolute atomic E-state index is 0.0250. The molecule has 3 aliphatic carbocycles. The number of benzene rings is 2. The number of fused-ring (bicyclic) bond motifs is 3. The summed E-state index contributed by atoms with van der Waals surface area (Å²) in [6.45, 7) is 2.52. The van der Waals surface area contributed by atoms with E-state index in [1.807, 2.05) is 6.92 Å². The van der Waals surface area contributed by atoms with Gasteiger partial charge in [-0.15, -0.1) is 0 Å². The van der Waals surface area contributed by atoms with Crippen LogP contribution in [0.15, 0.2) is 59.1 Å². The van der Waals surface area contributed by atoms with Gasteiger partial charge in [0.15, 0.2) is 17.1 Å². The molecule has 9 N–H and O–H groups in total. The van der Waals surface area contributed by atoms with Crippen LogP contribution in [0.3, 0.4) is 0 Å². The molecule has 0 saturated heterocycles. The Balaban J connectivity index is 1.52. The molecular formula is C33H38N4O9. The number of aromatic hydroxyl groups is 2. The number of aliphatic hydroxyl groups excluding tert-OH is 2. The van der Waals surface area contributed by atoms with Gasteiger partial charge in [0.25, 0.3) is 5.91 Å². The number of carbonyl (C=O) groups is 4. The van der Waals surface area contributed by atoms with E-state index in [9.17, 15) is 44.7 Å². The fourth-order valence-electron chi connectivity index (χ4n) is 6.98. The van der Waals surface area contributed by atoms with Gasteiger partial charge in [0.1, 0.15) is 28.9 Å². The van der Waals surface area contributed by atoms with Gasteiger partial charge in [-0.05, 0) is 75.1 Å². The third kappa shape index (κ3) is 5.19. The van der Waals surface area contributed by atoms with E-state index in [0.717, 1.165) is 12.8 Å². The molecule has 3 aliphatic rings. The zero-order valence-electron chi connectivity index (χ0n) is 25.7. The largest absolute Gasteiger partial charge is 0.510 e. The van der Waals surface area contributed by atoms with Crippen molar-refractivity contribution in [2.45, 2.75) is 50.3 Å². The fourth-order valence-corrected chi connectivity index (χ4v) is 6.98. The maximum Gasteiger partial charge on any atom is 0.255 e. The lowest BCUT2D eigenvalue weighted by molar-refractivity contribution is -0.148. The standard InChI is InChI=1S/C33H38N4O9/c1-4-5-12-35-24(15-6-9-18(38)10-7-15)32(45)36-20-11-8-16-13-17-14-19-25(37(2)3)28(41)23(31(34)44)30(43)33(19,46)29(42)22(17)27(40)21(16)26(20)39/h6-11,17,19,24-25,35,38-39,41-42,46H,4-5,12-14H2,1-3H3,(H2,34,44)(H,36,45)/t17?,19?,24?,25-,33?/m0/s1. The van der Waals surface area contributed by atoms with Gasteiger partial charge in [0, 0.05) is 11.5 Å². The second-order valence-corrected chi connectivity index (χ2v) is 12.3. The molecule has 0 fully saturated rings. The minimum atomic E-state index is -2.74. The molecule has 13 heteroatoms. The third-order valence-corrected chi connectivity index (χ3v) is 9.22. The summed E-state index contributed by atoms with van der Waals surface area (Å²) < 4.78 is 0. The number of nitrogens with one attached hydrogen (secondary N) is 2. The second kappa shape index (κ2) is 12.2. The smallest absolute Gasteiger partial charge is 0.255 e. The molecule has 0 heterocycles. The number of unbranched alkanes of at least 4 members (excludes halogenated alkanes) is 1. The molecule has 46 heavy (non-hydrogen) atoms. The first kappa shape index (κ1) is 32.7. The number of phenolic OH excluding ortho intramolecular Hbond substituents is 2. The number of nitrogens with two attached hydrogens (primary N) is 1. The predicted octanol–water partition coefficient (Wildman–Crippen LogP) is 1.90. The van der Waals surface area contributed by atoms with E-state index in [0.29, 0.717) is 17.7 Å². The lowest BCUT2D eigenvalue weighted by Gasteiger charge is -2.50. The van der Waals surface area contributed by atoms with Gasteiger partial charge in [-0.25, -0.2) is 0 Å². The summed E-state index contributed by atoms with van der Waals surface area (Å²) >= 11 is 0. The van der Waals surface area contributed by atoms with Crippen molar-refractivity contribution in [2.75, 3.05) is 26.0 Å². The van der Waals surface area contributed by atoms with Crippen LogP contribution in [0.2, 0.25) is 0 Å². The Kier molecular flexibility index (Phi) is 8.69. The highest BCUT2D eigenvalue weighted by Crippen LogP contribution is 2.52. The maximum atomic E-state index is 14.0. The van der Waals surface area contributed by atoms with Crippen LogP contribution in [0, 0.1) is 11.8 Å². The normalized spacial score (nSPS) is 24.8. The highest BCUT2D eigenvalue weighted by atomic mass is 16.3. The van der Waals surface area contributed by atoms with E-state index < -0.39 is 75.7 Å². The molecule has 13 nitrogen and oxygen atoms in total. The Labute approximate surface area is 265 Å². The van der Waals surface area contributed by atoms with Crippen molar-refractivity contribution in [1.29, 1.82) is 0 Å². The molecule has 244 valence electrons. The number of primary amides is 1. The maximum absolute atomic E-state index is 14.0. The number of hydrogen-bond acceptors (Lipinski definition) is 11. The molecule has 0 aromatic heterocycles. The van der Waals surface area contributed by atoms with Crippen LogP contribution in [-0.4, -0.2) is 86.1 Å². The summed E-state index contributed by atoms with van der Waals surface area (Å²) in [5.41, 5.74) is 2.17. The molecule has 0 aliphatic heterocycles. The molecule has 0 bridgehead atoms. The lowest BCUT2D eigenvalue weighted by atomic mass is 9.58. The molecule has 2 aromatic carbocycles. The van der Waals surface area contributed by atoms with Crippen LogP contribution >= 0.6 is 0 Å². The number of nitrogens with zero attached hydrogens (tertiary/aromatic N) is 1. The number of rotatable bonds is 9. The predicted molar refractivity (Wildman–Crippen MR) is 166 cm³/mol. The number of allylic oxidation sites excluding steroid dienone is 1. The van der Waals surface area contributed by atoms with Crippen molar-refractivity contribution in [3.05, 3.63) is 75.8 Å². The zero-order valence-corrected chi connectivity index (χ0v) is 25.7. The average molecular weight is 635 g/mol. The topological polar surface area (TPSA) is 223 Å². The molecule has 0 saturated carbocycles. The van der Waals surface area contributed by atoms with Crippen LogP contribution in [0.4, 0.5) is 5.69 Å². The summed E-state index contributed by atoms with van der Waals surface area (Å²) in [6.07, 6.45) is 1.78. The third-order valence-electron chi connectivity index (χ3n) is 9.22.